The summed E-state index contributed by atoms with van der Waals surface area (Å²) < 4.78 is 5.69. The smallest absolute Gasteiger partial charge is 0.177 e. The van der Waals surface area contributed by atoms with Gasteiger partial charge in [0.2, 0.25) is 0 Å². The highest BCUT2D eigenvalue weighted by molar-refractivity contribution is 7.94. The first-order valence-electron chi connectivity index (χ1n) is 11.9. The summed E-state index contributed by atoms with van der Waals surface area (Å²) in [6.07, 6.45) is 21.2. The van der Waals surface area contributed by atoms with E-state index >= 15 is 0 Å². The van der Waals surface area contributed by atoms with Gasteiger partial charge in [0.15, 0.2) is 0 Å². The van der Waals surface area contributed by atoms with E-state index in [-0.39, 0.29) is 0 Å². The monoisotopic (exact) mass is 377 g/mol. The van der Waals surface area contributed by atoms with Crippen molar-refractivity contribution in [2.75, 3.05) is 13.1 Å². The zero-order chi connectivity index (χ0) is 18.4. The Balaban J connectivity index is 0.000000339. The predicted octanol–water partition coefficient (Wildman–Crippen LogP) is 6.56. The van der Waals surface area contributed by atoms with Crippen LogP contribution in [-0.2, 0) is 0 Å². The maximum atomic E-state index is 7.41. The van der Waals surface area contributed by atoms with Crippen molar-refractivity contribution in [3.63, 3.8) is 0 Å². The van der Waals surface area contributed by atoms with Crippen LogP contribution in [0.25, 0.3) is 0 Å². The van der Waals surface area contributed by atoms with Crippen molar-refractivity contribution in [3.05, 3.63) is 0 Å². The Bertz CT molecular complexity index is 379. The summed E-state index contributed by atoms with van der Waals surface area (Å²) >= 11 is 0. The molecule has 2 heterocycles. The largest absolute Gasteiger partial charge is 0.409 e. The lowest BCUT2D eigenvalue weighted by molar-refractivity contribution is 0.331. The van der Waals surface area contributed by atoms with E-state index in [1.165, 1.54) is 109 Å². The molecule has 148 valence electrons. The average Bonchev–Trinajstić information content (AvgIpc) is 3.46. The molecule has 4 heteroatoms. The first kappa shape index (κ1) is 21.1. The van der Waals surface area contributed by atoms with E-state index in [0.29, 0.717) is 0 Å². The molecule has 0 bridgehead atoms. The van der Waals surface area contributed by atoms with Gasteiger partial charge in [-0.25, -0.2) is 0 Å². The summed E-state index contributed by atoms with van der Waals surface area (Å²) in [7, 11) is 5.82. The van der Waals surface area contributed by atoms with Gasteiger partial charge in [-0.2, -0.15) is 9.34 Å². The van der Waals surface area contributed by atoms with Crippen LogP contribution in [0.5, 0.6) is 0 Å². The molecule has 0 aromatic heterocycles. The third-order valence-corrected chi connectivity index (χ3v) is 11.9. The van der Waals surface area contributed by atoms with Crippen molar-refractivity contribution in [1.82, 2.24) is 9.34 Å². The standard InChI is InChI=1S/C17H33BN2P.C5H10/c1-3-15-9-7-13-19(15)21(18,17-11-5-6-12-17)20-14-8-10-16(20)4-2;1-2-4-5-3-1/h15-17H,3-14H2,1-2H3;1-5H2/q+1;/t15-,16-;/m0./s1. The van der Waals surface area contributed by atoms with Crippen LogP contribution in [0, 0.1) is 0 Å². The number of hydrogen-bond acceptors (Lipinski definition) is 2. The summed E-state index contributed by atoms with van der Waals surface area (Å²) in [5.74, 6) is 0. The molecule has 2 saturated heterocycles. The molecule has 2 aliphatic heterocycles. The van der Waals surface area contributed by atoms with Crippen molar-refractivity contribution in [3.8, 4) is 0 Å². The molecule has 0 aromatic carbocycles. The Morgan fingerprint density at radius 3 is 1.46 bits per heavy atom. The zero-order valence-electron chi connectivity index (χ0n) is 17.7. The van der Waals surface area contributed by atoms with E-state index < -0.39 is 7.44 Å². The van der Waals surface area contributed by atoms with Gasteiger partial charge in [0.05, 0.1) is 5.66 Å². The summed E-state index contributed by atoms with van der Waals surface area (Å²) in [5.41, 5.74) is 0.803. The van der Waals surface area contributed by atoms with Crippen molar-refractivity contribution in [1.29, 1.82) is 0 Å². The second-order valence-corrected chi connectivity index (χ2v) is 12.3. The van der Waals surface area contributed by atoms with Gasteiger partial charge in [-0.15, -0.1) is 0 Å². The maximum absolute atomic E-state index is 7.41. The van der Waals surface area contributed by atoms with Crippen molar-refractivity contribution < 1.29 is 0 Å². The quantitative estimate of drug-likeness (QED) is 0.395. The van der Waals surface area contributed by atoms with E-state index in [4.69, 9.17) is 7.57 Å². The molecule has 0 aromatic rings. The third-order valence-electron chi connectivity index (χ3n) is 7.57. The molecular weight excluding hydrogens is 334 g/mol. The van der Waals surface area contributed by atoms with Crippen LogP contribution in [-0.4, -0.2) is 47.7 Å². The van der Waals surface area contributed by atoms with Crippen LogP contribution < -0.4 is 0 Å². The fourth-order valence-electron chi connectivity index (χ4n) is 6.05. The van der Waals surface area contributed by atoms with Gasteiger partial charge in [0.25, 0.3) is 0 Å². The fraction of sp³-hybridized carbons (Fsp3) is 1.00. The van der Waals surface area contributed by atoms with Crippen LogP contribution in [0.2, 0.25) is 0 Å². The zero-order valence-corrected chi connectivity index (χ0v) is 18.6. The van der Waals surface area contributed by atoms with E-state index in [1.807, 2.05) is 0 Å². The maximum Gasteiger partial charge on any atom is 0.409 e. The topological polar surface area (TPSA) is 6.48 Å². The fourth-order valence-corrected chi connectivity index (χ4v) is 10.8. The molecule has 2 atom stereocenters. The molecule has 2 aliphatic carbocycles. The van der Waals surface area contributed by atoms with Gasteiger partial charge >= 0.3 is 7.57 Å². The lowest BCUT2D eigenvalue weighted by Crippen LogP contribution is -2.45. The molecule has 26 heavy (non-hydrogen) atoms. The highest BCUT2D eigenvalue weighted by atomic mass is 31.2. The van der Waals surface area contributed by atoms with Gasteiger partial charge < -0.3 is 0 Å². The van der Waals surface area contributed by atoms with Crippen molar-refractivity contribution >= 4 is 15.0 Å². The summed E-state index contributed by atoms with van der Waals surface area (Å²) in [6.45, 7) is 7.27. The lowest BCUT2D eigenvalue weighted by atomic mass is 10.2. The molecule has 0 N–H and O–H groups in total. The third kappa shape index (κ3) is 4.52. The second-order valence-electron chi connectivity index (χ2n) is 9.14. The SMILES string of the molecule is C1CCCC1.[B][P+](C1CCCC1)(N1CCC[C@@H]1CC)N1CCC[C@@H]1CC. The van der Waals surface area contributed by atoms with Crippen LogP contribution in [0.15, 0.2) is 0 Å². The molecule has 4 rings (SSSR count). The van der Waals surface area contributed by atoms with Crippen molar-refractivity contribution in [2.24, 2.45) is 0 Å². The Morgan fingerprint density at radius 1 is 0.654 bits per heavy atom. The highest BCUT2D eigenvalue weighted by Gasteiger charge is 2.57. The normalized spacial score (nSPS) is 31.5. The Hall–Kier alpha value is 0.415. The minimum Gasteiger partial charge on any atom is -0.177 e. The van der Waals surface area contributed by atoms with Gasteiger partial charge in [-0.05, 0) is 64.2 Å². The van der Waals surface area contributed by atoms with Crippen LogP contribution in [0.4, 0.5) is 0 Å². The average molecular weight is 377 g/mol. The minimum atomic E-state index is -1.59. The molecule has 4 fully saturated rings. The van der Waals surface area contributed by atoms with Crippen LogP contribution >= 0.6 is 7.44 Å². The molecule has 0 unspecified atom stereocenters. The Labute approximate surface area is 165 Å². The number of hydrogen-bond donors (Lipinski definition) is 0. The molecular formula is C22H43BN2P+. The van der Waals surface area contributed by atoms with Crippen molar-refractivity contribution in [2.45, 2.75) is 128 Å². The highest BCUT2D eigenvalue weighted by Crippen LogP contribution is 2.71. The Morgan fingerprint density at radius 2 is 1.08 bits per heavy atom. The van der Waals surface area contributed by atoms with E-state index in [0.717, 1.165) is 17.7 Å². The lowest BCUT2D eigenvalue weighted by Gasteiger charge is -2.46. The Kier molecular flexibility index (Phi) is 8.34. The number of rotatable bonds is 5. The first-order chi connectivity index (χ1) is 12.7. The van der Waals surface area contributed by atoms with E-state index in [9.17, 15) is 0 Å². The first-order valence-corrected chi connectivity index (χ1v) is 13.8. The number of nitrogens with zero attached hydrogens (tertiary/aromatic N) is 2. The summed E-state index contributed by atoms with van der Waals surface area (Å²) in [4.78, 5) is 0. The van der Waals surface area contributed by atoms with Gasteiger partial charge in [-0.1, -0.05) is 46.0 Å². The molecule has 2 saturated carbocycles. The second kappa shape index (κ2) is 10.3. The predicted molar refractivity (Wildman–Crippen MR) is 118 cm³/mol. The van der Waals surface area contributed by atoms with Crippen LogP contribution in [0.1, 0.15) is 110 Å². The minimum absolute atomic E-state index is 0.766. The van der Waals surface area contributed by atoms with E-state index in [2.05, 4.69) is 23.2 Å². The molecule has 4 aliphatic rings. The van der Waals surface area contributed by atoms with Gasteiger partial charge in [0, 0.05) is 25.2 Å². The van der Waals surface area contributed by atoms with Gasteiger partial charge in [0.1, 0.15) is 7.44 Å². The molecule has 2 radical (unpaired) electrons. The molecule has 0 amide bonds. The molecule has 0 spiro atoms. The molecule has 2 nitrogen and oxygen atoms in total. The van der Waals surface area contributed by atoms with Gasteiger partial charge in [-0.3, -0.25) is 0 Å². The van der Waals surface area contributed by atoms with Crippen LogP contribution in [0.3, 0.4) is 0 Å². The summed E-state index contributed by atoms with van der Waals surface area (Å²) in [6, 6.07) is 1.53. The summed E-state index contributed by atoms with van der Waals surface area (Å²) in [5, 5.41) is 0. The van der Waals surface area contributed by atoms with E-state index in [1.54, 1.807) is 0 Å².